The lowest BCUT2D eigenvalue weighted by molar-refractivity contribution is -0.150. The lowest BCUT2D eigenvalue weighted by atomic mass is 9.76. The van der Waals surface area contributed by atoms with Gasteiger partial charge in [-0.25, -0.2) is 0 Å². The first-order valence-electron chi connectivity index (χ1n) is 9.34. The molecule has 4 heteroatoms. The molecule has 0 spiro atoms. The Labute approximate surface area is 155 Å². The van der Waals surface area contributed by atoms with E-state index in [1.54, 1.807) is 0 Å². The second kappa shape index (κ2) is 6.76. The Hall–Kier alpha value is -2.33. The van der Waals surface area contributed by atoms with E-state index in [0.717, 1.165) is 24.1 Å². The van der Waals surface area contributed by atoms with E-state index < -0.39 is 0 Å². The molecule has 0 aliphatic carbocycles. The lowest BCUT2D eigenvalue weighted by Gasteiger charge is -2.41. The highest BCUT2D eigenvalue weighted by Gasteiger charge is 2.49. The van der Waals surface area contributed by atoms with Crippen LogP contribution in [0, 0.1) is 5.92 Å². The van der Waals surface area contributed by atoms with Gasteiger partial charge in [-0.1, -0.05) is 36.4 Å². The van der Waals surface area contributed by atoms with E-state index in [4.69, 9.17) is 10.5 Å². The summed E-state index contributed by atoms with van der Waals surface area (Å²) in [4.78, 5) is 14.9. The van der Waals surface area contributed by atoms with Crippen molar-refractivity contribution in [3.05, 3.63) is 54.1 Å². The van der Waals surface area contributed by atoms with Gasteiger partial charge in [0, 0.05) is 23.7 Å². The van der Waals surface area contributed by atoms with Crippen LogP contribution in [0.15, 0.2) is 48.5 Å². The Morgan fingerprint density at radius 1 is 1.04 bits per heavy atom. The maximum atomic E-state index is 12.5. The van der Waals surface area contributed by atoms with Gasteiger partial charge in [-0.05, 0) is 55.1 Å². The fourth-order valence-corrected chi connectivity index (χ4v) is 4.87. The van der Waals surface area contributed by atoms with Gasteiger partial charge >= 0.3 is 5.97 Å². The zero-order valence-electron chi connectivity index (χ0n) is 15.4. The molecule has 2 fully saturated rings. The van der Waals surface area contributed by atoms with Crippen LogP contribution >= 0.6 is 0 Å². The predicted molar refractivity (Wildman–Crippen MR) is 104 cm³/mol. The summed E-state index contributed by atoms with van der Waals surface area (Å²) in [5.74, 6) is 0.0811. The number of carbonyl (C=O) groups is 1. The van der Waals surface area contributed by atoms with Crippen molar-refractivity contribution in [2.75, 3.05) is 19.9 Å². The van der Waals surface area contributed by atoms with Crippen LogP contribution in [0.1, 0.15) is 30.7 Å². The summed E-state index contributed by atoms with van der Waals surface area (Å²) in [6.07, 6.45) is 3.28. The summed E-state index contributed by atoms with van der Waals surface area (Å²) in [5, 5.41) is 0. The topological polar surface area (TPSA) is 55.6 Å². The minimum atomic E-state index is -0.0777. The third-order valence-corrected chi connectivity index (χ3v) is 6.32. The molecule has 2 aromatic rings. The van der Waals surface area contributed by atoms with Gasteiger partial charge in [-0.2, -0.15) is 0 Å². The lowest BCUT2D eigenvalue weighted by Crippen LogP contribution is -2.49. The summed E-state index contributed by atoms with van der Waals surface area (Å²) in [5.41, 5.74) is 10.1. The van der Waals surface area contributed by atoms with Crippen molar-refractivity contribution < 1.29 is 9.53 Å². The Balaban J connectivity index is 1.63. The maximum absolute atomic E-state index is 12.5. The normalized spacial score (nSPS) is 28.1. The minimum absolute atomic E-state index is 0.0742. The predicted octanol–water partition coefficient (Wildman–Crippen LogP) is 3.68. The van der Waals surface area contributed by atoms with Gasteiger partial charge in [-0.3, -0.25) is 9.69 Å². The van der Waals surface area contributed by atoms with Crippen LogP contribution in [0.2, 0.25) is 0 Å². The molecule has 0 unspecified atom stereocenters. The summed E-state index contributed by atoms with van der Waals surface area (Å²) in [7, 11) is 3.66. The number of nitrogens with zero attached hydrogens (tertiary/aromatic N) is 1. The molecule has 4 nitrogen and oxygen atoms in total. The SMILES string of the molecule is COC(=O)[C@H]1[C@@H](c2ccc(-c3ccc(N)cc3)cc2)C[C@@H]2CC[C@H]1N2C. The Kier molecular flexibility index (Phi) is 4.45. The van der Waals surface area contributed by atoms with Crippen LogP contribution in [0.4, 0.5) is 5.69 Å². The van der Waals surface area contributed by atoms with Crippen LogP contribution in [0.25, 0.3) is 11.1 Å². The van der Waals surface area contributed by atoms with Crippen molar-refractivity contribution in [3.63, 3.8) is 0 Å². The van der Waals surface area contributed by atoms with Crippen LogP contribution in [-0.4, -0.2) is 37.1 Å². The monoisotopic (exact) mass is 350 g/mol. The highest BCUT2D eigenvalue weighted by atomic mass is 16.5. The second-order valence-corrected chi connectivity index (χ2v) is 7.60. The van der Waals surface area contributed by atoms with Gasteiger partial charge in [0.1, 0.15) is 0 Å². The Bertz CT molecular complexity index is 785. The number of fused-ring (bicyclic) bond motifs is 2. The molecule has 2 aromatic carbocycles. The average molecular weight is 350 g/mol. The zero-order valence-corrected chi connectivity index (χ0v) is 15.4. The summed E-state index contributed by atoms with van der Waals surface area (Å²) in [6.45, 7) is 0. The largest absolute Gasteiger partial charge is 0.469 e. The molecular formula is C22H26N2O2. The van der Waals surface area contributed by atoms with E-state index in [9.17, 15) is 4.79 Å². The molecule has 0 saturated carbocycles. The van der Waals surface area contributed by atoms with Crippen LogP contribution in [0.5, 0.6) is 0 Å². The van der Waals surface area contributed by atoms with Crippen molar-refractivity contribution in [2.24, 2.45) is 5.92 Å². The number of carbonyl (C=O) groups excluding carboxylic acids is 1. The van der Waals surface area contributed by atoms with Crippen LogP contribution in [0.3, 0.4) is 0 Å². The van der Waals surface area contributed by atoms with Gasteiger partial charge < -0.3 is 10.5 Å². The zero-order chi connectivity index (χ0) is 18.3. The quantitative estimate of drug-likeness (QED) is 0.678. The average Bonchev–Trinajstić information content (AvgIpc) is 2.90. The van der Waals surface area contributed by atoms with E-state index in [1.165, 1.54) is 24.7 Å². The molecule has 2 heterocycles. The van der Waals surface area contributed by atoms with E-state index >= 15 is 0 Å². The maximum Gasteiger partial charge on any atom is 0.310 e. The summed E-state index contributed by atoms with van der Waals surface area (Å²) >= 11 is 0. The summed E-state index contributed by atoms with van der Waals surface area (Å²) < 4.78 is 5.17. The number of hydrogen-bond acceptors (Lipinski definition) is 4. The minimum Gasteiger partial charge on any atom is -0.469 e. The van der Waals surface area contributed by atoms with E-state index in [-0.39, 0.29) is 17.8 Å². The number of piperidine rings is 1. The molecule has 0 radical (unpaired) electrons. The van der Waals surface area contributed by atoms with Crippen molar-refractivity contribution in [3.8, 4) is 11.1 Å². The van der Waals surface area contributed by atoms with Crippen molar-refractivity contribution >= 4 is 11.7 Å². The van der Waals surface area contributed by atoms with Crippen LogP contribution < -0.4 is 5.73 Å². The number of hydrogen-bond donors (Lipinski definition) is 1. The number of esters is 1. The Morgan fingerprint density at radius 3 is 2.27 bits per heavy atom. The van der Waals surface area contributed by atoms with Crippen LogP contribution in [-0.2, 0) is 9.53 Å². The standard InChI is InChI=1S/C22H26N2O2/c1-24-18-11-12-20(24)21(22(25)26-2)19(13-18)16-5-3-14(4-6-16)15-7-9-17(23)10-8-15/h3-10,18-21H,11-13,23H2,1-2H3/t18-,19+,20+,21-/m0/s1. The van der Waals surface area contributed by atoms with Crippen molar-refractivity contribution in [2.45, 2.75) is 37.3 Å². The molecule has 136 valence electrons. The molecular weight excluding hydrogens is 324 g/mol. The Morgan fingerprint density at radius 2 is 1.65 bits per heavy atom. The highest BCUT2D eigenvalue weighted by Crippen LogP contribution is 2.46. The summed E-state index contributed by atoms with van der Waals surface area (Å²) in [6, 6.07) is 17.4. The molecule has 4 atom stereocenters. The van der Waals surface area contributed by atoms with Crippen molar-refractivity contribution in [1.82, 2.24) is 4.90 Å². The van der Waals surface area contributed by atoms with Gasteiger partial charge in [0.15, 0.2) is 0 Å². The smallest absolute Gasteiger partial charge is 0.310 e. The first-order chi connectivity index (χ1) is 12.6. The van der Waals surface area contributed by atoms with E-state index in [1.807, 2.05) is 24.3 Å². The van der Waals surface area contributed by atoms with Gasteiger partial charge in [0.2, 0.25) is 0 Å². The highest BCUT2D eigenvalue weighted by molar-refractivity contribution is 5.75. The first-order valence-corrected chi connectivity index (χ1v) is 9.34. The number of ether oxygens (including phenoxy) is 1. The molecule has 2 aliphatic rings. The molecule has 26 heavy (non-hydrogen) atoms. The van der Waals surface area contributed by atoms with E-state index in [0.29, 0.717) is 12.1 Å². The fraction of sp³-hybridized carbons (Fsp3) is 0.409. The number of nitrogen functional groups attached to an aromatic ring is 1. The molecule has 2 N–H and O–H groups in total. The molecule has 2 aliphatic heterocycles. The van der Waals surface area contributed by atoms with Gasteiger partial charge in [-0.15, -0.1) is 0 Å². The first kappa shape index (κ1) is 17.1. The number of methoxy groups -OCH3 is 1. The number of nitrogens with two attached hydrogens (primary N) is 1. The number of rotatable bonds is 3. The van der Waals surface area contributed by atoms with Gasteiger partial charge in [0.25, 0.3) is 0 Å². The molecule has 2 bridgehead atoms. The molecule has 4 rings (SSSR count). The molecule has 0 amide bonds. The number of anilines is 1. The number of benzene rings is 2. The van der Waals surface area contributed by atoms with E-state index in [2.05, 4.69) is 36.2 Å². The molecule has 2 saturated heterocycles. The molecule has 0 aromatic heterocycles. The van der Waals surface area contributed by atoms with Crippen molar-refractivity contribution in [1.29, 1.82) is 0 Å². The third-order valence-electron chi connectivity index (χ3n) is 6.32. The fourth-order valence-electron chi connectivity index (χ4n) is 4.87. The third kappa shape index (κ3) is 2.88. The second-order valence-electron chi connectivity index (χ2n) is 7.60. The van der Waals surface area contributed by atoms with Gasteiger partial charge in [0.05, 0.1) is 13.0 Å².